The van der Waals surface area contributed by atoms with Crippen molar-refractivity contribution in [1.82, 2.24) is 10.2 Å². The molecule has 0 aliphatic carbocycles. The number of hydrogen-bond acceptors (Lipinski definition) is 7. The second-order valence-electron chi connectivity index (χ2n) is 8.55. The number of nitro benzene ring substituents is 1. The van der Waals surface area contributed by atoms with Gasteiger partial charge in [0.05, 0.1) is 22.1 Å². The molecule has 0 radical (unpaired) electrons. The second kappa shape index (κ2) is 10.8. The lowest BCUT2D eigenvalue weighted by atomic mass is 10.1. The van der Waals surface area contributed by atoms with Crippen LogP contribution in [0.5, 0.6) is 0 Å². The Morgan fingerprint density at radius 3 is 2.43 bits per heavy atom. The van der Waals surface area contributed by atoms with Crippen LogP contribution < -0.4 is 15.1 Å². The van der Waals surface area contributed by atoms with E-state index in [9.17, 15) is 19.7 Å². The number of piperazine rings is 1. The number of para-hydroxylation sites is 1. The summed E-state index contributed by atoms with van der Waals surface area (Å²) in [5.74, 6) is -0.488. The smallest absolute Gasteiger partial charge is 0.409 e. The molecule has 4 rings (SSSR count). The number of halogens is 1. The fourth-order valence-corrected chi connectivity index (χ4v) is 4.67. The van der Waals surface area contributed by atoms with Gasteiger partial charge in [0.2, 0.25) is 0 Å². The van der Waals surface area contributed by atoms with Crippen LogP contribution in [0.3, 0.4) is 0 Å². The molecular formula is C24H28ClN5O5. The number of anilines is 2. The summed E-state index contributed by atoms with van der Waals surface area (Å²) in [6, 6.07) is 10.9. The summed E-state index contributed by atoms with van der Waals surface area (Å²) < 4.78 is 4.87. The van der Waals surface area contributed by atoms with Crippen LogP contribution in [0.25, 0.3) is 0 Å². The summed E-state index contributed by atoms with van der Waals surface area (Å²) in [4.78, 5) is 41.3. The molecule has 2 aromatic rings. The third kappa shape index (κ3) is 5.59. The number of cyclic esters (lactones) is 1. The summed E-state index contributed by atoms with van der Waals surface area (Å²) in [5.41, 5.74) is 2.66. The van der Waals surface area contributed by atoms with E-state index in [1.165, 1.54) is 17.7 Å². The topological polar surface area (TPSA) is 108 Å². The Labute approximate surface area is 208 Å². The zero-order valence-electron chi connectivity index (χ0n) is 19.5. The predicted octanol–water partition coefficient (Wildman–Crippen LogP) is 3.46. The van der Waals surface area contributed by atoms with E-state index in [2.05, 4.69) is 29.3 Å². The van der Waals surface area contributed by atoms with Crippen LogP contribution >= 0.6 is 11.6 Å². The fourth-order valence-electron chi connectivity index (χ4n) is 4.43. The average molecular weight is 502 g/mol. The van der Waals surface area contributed by atoms with Crippen LogP contribution in [-0.2, 0) is 4.74 Å². The standard InChI is InChI=1S/C24H28ClN5O5/c1-17-5-2-3-6-20(17)27-9-11-28(12-10-27)21-16-19(25)18(15-22(21)30(33)34)23(31)26-7-4-8-29-13-14-35-24(29)32/h2-3,5-6,15-16H,4,7-14H2,1H3,(H,26,31). The largest absolute Gasteiger partial charge is 0.448 e. The lowest BCUT2D eigenvalue weighted by Gasteiger charge is -2.37. The van der Waals surface area contributed by atoms with Crippen LogP contribution in [0.2, 0.25) is 5.02 Å². The van der Waals surface area contributed by atoms with Crippen LogP contribution in [0, 0.1) is 17.0 Å². The Morgan fingerprint density at radius 2 is 1.80 bits per heavy atom. The van der Waals surface area contributed by atoms with Gasteiger partial charge in [0.15, 0.2) is 0 Å². The van der Waals surface area contributed by atoms with Gasteiger partial charge in [-0.2, -0.15) is 0 Å². The minimum Gasteiger partial charge on any atom is -0.448 e. The number of ether oxygens (including phenoxy) is 1. The van der Waals surface area contributed by atoms with Crippen LogP contribution in [-0.4, -0.2) is 74.2 Å². The first-order valence-corrected chi connectivity index (χ1v) is 12.0. The predicted molar refractivity (Wildman–Crippen MR) is 134 cm³/mol. The maximum atomic E-state index is 12.7. The highest BCUT2D eigenvalue weighted by Crippen LogP contribution is 2.35. The second-order valence-corrected chi connectivity index (χ2v) is 8.96. The van der Waals surface area contributed by atoms with Gasteiger partial charge >= 0.3 is 6.09 Å². The fraction of sp³-hybridized carbons (Fsp3) is 0.417. The molecule has 2 amide bonds. The lowest BCUT2D eigenvalue weighted by molar-refractivity contribution is -0.384. The third-order valence-corrected chi connectivity index (χ3v) is 6.63. The van der Waals surface area contributed by atoms with E-state index in [0.717, 1.165) is 5.69 Å². The van der Waals surface area contributed by atoms with E-state index >= 15 is 0 Å². The molecule has 186 valence electrons. The van der Waals surface area contributed by atoms with Gasteiger partial charge in [0.1, 0.15) is 12.3 Å². The normalized spacial score (nSPS) is 15.8. The first kappa shape index (κ1) is 24.6. The first-order valence-electron chi connectivity index (χ1n) is 11.6. The van der Waals surface area contributed by atoms with Gasteiger partial charge in [0, 0.05) is 51.0 Å². The van der Waals surface area contributed by atoms with Crippen LogP contribution in [0.4, 0.5) is 21.9 Å². The summed E-state index contributed by atoms with van der Waals surface area (Å²) in [6.45, 7) is 6.35. The van der Waals surface area contributed by atoms with Crippen LogP contribution in [0.15, 0.2) is 36.4 Å². The molecule has 2 aliphatic rings. The monoisotopic (exact) mass is 501 g/mol. The number of amides is 2. The molecule has 0 aromatic heterocycles. The number of nitro groups is 1. The van der Waals surface area contributed by atoms with Crippen molar-refractivity contribution in [2.75, 3.05) is 62.2 Å². The summed E-state index contributed by atoms with van der Waals surface area (Å²) >= 11 is 6.41. The Bertz CT molecular complexity index is 1120. The molecule has 0 spiro atoms. The van der Waals surface area contributed by atoms with Crippen molar-refractivity contribution in [3.8, 4) is 0 Å². The highest BCUT2D eigenvalue weighted by atomic mass is 35.5. The van der Waals surface area contributed by atoms with E-state index in [1.807, 2.05) is 17.0 Å². The van der Waals surface area contributed by atoms with Gasteiger partial charge in [-0.05, 0) is 31.0 Å². The number of nitrogens with zero attached hydrogens (tertiary/aromatic N) is 4. The maximum absolute atomic E-state index is 12.7. The van der Waals surface area contributed by atoms with E-state index in [4.69, 9.17) is 16.3 Å². The summed E-state index contributed by atoms with van der Waals surface area (Å²) in [7, 11) is 0. The van der Waals surface area contributed by atoms with E-state index in [0.29, 0.717) is 64.5 Å². The average Bonchev–Trinajstić information content (AvgIpc) is 3.26. The summed E-state index contributed by atoms with van der Waals surface area (Å²) in [5, 5.41) is 14.8. The Balaban J connectivity index is 1.40. The number of rotatable bonds is 8. The SMILES string of the molecule is Cc1ccccc1N1CCN(c2cc(Cl)c(C(=O)NCCCN3CCOC3=O)cc2[N+](=O)[O-])CC1. The number of carbonyl (C=O) groups is 2. The van der Waals surface area contributed by atoms with Gasteiger partial charge in [0.25, 0.3) is 11.6 Å². The molecule has 0 bridgehead atoms. The zero-order valence-corrected chi connectivity index (χ0v) is 20.3. The Morgan fingerprint density at radius 1 is 1.11 bits per heavy atom. The minimum atomic E-state index is -0.488. The van der Waals surface area contributed by atoms with Crippen molar-refractivity contribution in [2.45, 2.75) is 13.3 Å². The van der Waals surface area contributed by atoms with Crippen molar-refractivity contribution < 1.29 is 19.2 Å². The zero-order chi connectivity index (χ0) is 24.9. The van der Waals surface area contributed by atoms with E-state index < -0.39 is 10.8 Å². The number of nitrogens with one attached hydrogen (secondary N) is 1. The third-order valence-electron chi connectivity index (χ3n) is 6.32. The molecule has 0 saturated carbocycles. The van der Waals surface area contributed by atoms with Crippen molar-refractivity contribution in [3.05, 3.63) is 62.7 Å². The van der Waals surface area contributed by atoms with Crippen LogP contribution in [0.1, 0.15) is 22.3 Å². The lowest BCUT2D eigenvalue weighted by Crippen LogP contribution is -2.47. The van der Waals surface area contributed by atoms with E-state index in [-0.39, 0.29) is 22.4 Å². The van der Waals surface area contributed by atoms with Crippen molar-refractivity contribution in [3.63, 3.8) is 0 Å². The highest BCUT2D eigenvalue weighted by Gasteiger charge is 2.28. The molecule has 2 heterocycles. The molecule has 2 aliphatic heterocycles. The molecule has 1 N–H and O–H groups in total. The van der Waals surface area contributed by atoms with Crippen molar-refractivity contribution in [1.29, 1.82) is 0 Å². The molecule has 0 unspecified atom stereocenters. The molecule has 10 nitrogen and oxygen atoms in total. The van der Waals surface area contributed by atoms with Gasteiger partial charge in [-0.15, -0.1) is 0 Å². The first-order chi connectivity index (χ1) is 16.8. The molecular weight excluding hydrogens is 474 g/mol. The molecule has 2 aromatic carbocycles. The van der Waals surface area contributed by atoms with E-state index in [1.54, 1.807) is 4.90 Å². The molecule has 35 heavy (non-hydrogen) atoms. The number of benzene rings is 2. The molecule has 11 heteroatoms. The molecule has 0 atom stereocenters. The van der Waals surface area contributed by atoms with Gasteiger partial charge in [-0.25, -0.2) is 4.79 Å². The van der Waals surface area contributed by atoms with Gasteiger partial charge in [-0.3, -0.25) is 14.9 Å². The molecule has 2 saturated heterocycles. The Hall–Kier alpha value is -3.53. The number of hydrogen-bond donors (Lipinski definition) is 1. The molecule has 2 fully saturated rings. The highest BCUT2D eigenvalue weighted by molar-refractivity contribution is 6.34. The number of carbonyl (C=O) groups excluding carboxylic acids is 2. The maximum Gasteiger partial charge on any atom is 0.409 e. The Kier molecular flexibility index (Phi) is 7.60. The van der Waals surface area contributed by atoms with Gasteiger partial charge in [-0.1, -0.05) is 29.8 Å². The summed E-state index contributed by atoms with van der Waals surface area (Å²) in [6.07, 6.45) is 0.175. The van der Waals surface area contributed by atoms with Crippen molar-refractivity contribution >= 4 is 40.7 Å². The number of aryl methyl sites for hydroxylation is 1. The quantitative estimate of drug-likeness (QED) is 0.335. The van der Waals surface area contributed by atoms with Gasteiger partial charge < -0.3 is 24.8 Å². The van der Waals surface area contributed by atoms with Crippen molar-refractivity contribution in [2.24, 2.45) is 0 Å². The minimum absolute atomic E-state index is 0.0567.